The number of rotatable bonds is 10. The van der Waals surface area contributed by atoms with E-state index >= 15 is 0 Å². The predicted octanol–water partition coefficient (Wildman–Crippen LogP) is 2.96. The topological polar surface area (TPSA) is 172 Å². The van der Waals surface area contributed by atoms with E-state index in [4.69, 9.17) is 19.9 Å². The molecule has 3 aromatic rings. The molecule has 2 saturated heterocycles. The summed E-state index contributed by atoms with van der Waals surface area (Å²) >= 11 is 0. The van der Waals surface area contributed by atoms with Crippen LogP contribution in [0.25, 0.3) is 6.08 Å². The largest absolute Gasteiger partial charge is 0.458 e. The molecule has 232 valence electrons. The second-order valence-electron chi connectivity index (χ2n) is 10.5. The molecule has 2 aliphatic heterocycles. The summed E-state index contributed by atoms with van der Waals surface area (Å²) in [7, 11) is -4.45. The highest BCUT2D eigenvalue weighted by Gasteiger charge is 2.73. The Morgan fingerprint density at radius 2 is 1.67 bits per heavy atom. The highest BCUT2D eigenvalue weighted by molar-refractivity contribution is 7.94. The van der Waals surface area contributed by atoms with E-state index in [1.54, 1.807) is 60.7 Å². The van der Waals surface area contributed by atoms with Gasteiger partial charge < -0.3 is 24.8 Å². The average Bonchev–Trinajstić information content (AvgIpc) is 3.21. The van der Waals surface area contributed by atoms with Gasteiger partial charge in [0.05, 0.1) is 16.8 Å². The number of nitrogens with zero attached hydrogens (tertiary/aromatic N) is 2. The Bertz CT molecular complexity index is 1750. The number of carbonyl (C=O) groups excluding carboxylic acids is 4. The molecule has 1 unspecified atom stereocenters. The van der Waals surface area contributed by atoms with Crippen LogP contribution in [0, 0.1) is 0 Å². The second-order valence-corrected chi connectivity index (χ2v) is 13.0. The van der Waals surface area contributed by atoms with Gasteiger partial charge in [0.25, 0.3) is 5.91 Å². The molecular formula is C32H29N3O9S. The zero-order valence-corrected chi connectivity index (χ0v) is 24.9. The van der Waals surface area contributed by atoms with Crippen LogP contribution in [0.15, 0.2) is 97.2 Å². The Morgan fingerprint density at radius 3 is 2.24 bits per heavy atom. The van der Waals surface area contributed by atoms with E-state index < -0.39 is 62.6 Å². The first-order chi connectivity index (χ1) is 21.5. The molecule has 5 rings (SSSR count). The molecule has 3 heterocycles. The lowest BCUT2D eigenvalue weighted by Gasteiger charge is -2.39. The summed E-state index contributed by atoms with van der Waals surface area (Å²) in [6.45, 7) is 3.85. The van der Waals surface area contributed by atoms with Gasteiger partial charge in [0.1, 0.15) is 18.0 Å². The first-order valence-electron chi connectivity index (χ1n) is 13.7. The molecule has 2 aliphatic rings. The van der Waals surface area contributed by atoms with Crippen LogP contribution in [0.1, 0.15) is 40.2 Å². The molecule has 2 amide bonds. The molecule has 45 heavy (non-hydrogen) atoms. The molecule has 0 saturated carbocycles. The van der Waals surface area contributed by atoms with Gasteiger partial charge in [-0.15, -0.1) is 0 Å². The first-order valence-corrected chi connectivity index (χ1v) is 15.3. The van der Waals surface area contributed by atoms with Crippen LogP contribution in [0.5, 0.6) is 0 Å². The lowest BCUT2D eigenvalue weighted by Crippen LogP contribution is -2.60. The molecule has 13 heteroatoms. The lowest BCUT2D eigenvalue weighted by atomic mass is 9.93. The van der Waals surface area contributed by atoms with Gasteiger partial charge in [-0.2, -0.15) is 0 Å². The number of primary amides is 1. The van der Waals surface area contributed by atoms with E-state index in [9.17, 15) is 27.6 Å². The smallest absolute Gasteiger partial charge is 0.404 e. The fraction of sp³-hybridized carbons (Fsp3) is 0.219. The standard InChI is InChI=1S/C32H29N3O9S/c1-3-16-42-29(37)22-14-15-34-23(17-22)18-24-27(36)35-26(32(2,19-43-31(33)39)45(40,41)28(24)35)30(38)44-25(20-10-6-4-7-11-20)21-12-8-5-9-13-21/h3-15,17-18,25-26,28H,1,16,19H2,2H3,(H2,33,39)/t26-,28+,32?/m0/s1. The first kappa shape index (κ1) is 31.1. The van der Waals surface area contributed by atoms with Crippen LogP contribution in [0.3, 0.4) is 0 Å². The van der Waals surface area contributed by atoms with Gasteiger partial charge in [-0.05, 0) is 36.3 Å². The van der Waals surface area contributed by atoms with E-state index in [0.29, 0.717) is 11.1 Å². The number of esters is 2. The summed E-state index contributed by atoms with van der Waals surface area (Å²) in [6, 6.07) is 18.7. The van der Waals surface area contributed by atoms with Crippen molar-refractivity contribution in [2.24, 2.45) is 5.73 Å². The number of ether oxygens (including phenoxy) is 3. The highest BCUT2D eigenvalue weighted by atomic mass is 32.2. The van der Waals surface area contributed by atoms with E-state index in [1.165, 1.54) is 37.4 Å². The Balaban J connectivity index is 1.53. The van der Waals surface area contributed by atoms with Gasteiger partial charge in [-0.1, -0.05) is 73.3 Å². The Hall–Kier alpha value is -5.30. The number of hydrogen-bond acceptors (Lipinski definition) is 10. The monoisotopic (exact) mass is 631 g/mol. The van der Waals surface area contributed by atoms with Gasteiger partial charge in [0.2, 0.25) is 0 Å². The third-order valence-electron chi connectivity index (χ3n) is 7.62. The fourth-order valence-corrected chi connectivity index (χ4v) is 7.66. The fourth-order valence-electron chi connectivity index (χ4n) is 5.39. The SMILES string of the molecule is C=CCOC(=O)c1ccnc(C=C2C(=O)N3[C@@H](C(=O)OC(c4ccccc4)c4ccccc4)C(C)(COC(N)=O)S(=O)(=O)[C@H]23)c1. The molecule has 0 aliphatic carbocycles. The molecule has 3 atom stereocenters. The predicted molar refractivity (Wildman–Crippen MR) is 161 cm³/mol. The normalized spacial score (nSPS) is 22.3. The summed E-state index contributed by atoms with van der Waals surface area (Å²) in [5.41, 5.74) is 6.42. The van der Waals surface area contributed by atoms with Crippen LogP contribution in [0.4, 0.5) is 4.79 Å². The van der Waals surface area contributed by atoms with E-state index in [1.807, 2.05) is 0 Å². The second kappa shape index (κ2) is 12.4. The number of pyridine rings is 1. The van der Waals surface area contributed by atoms with E-state index in [-0.39, 0.29) is 23.4 Å². The summed E-state index contributed by atoms with van der Waals surface area (Å²) in [5.74, 6) is -2.46. The molecule has 2 N–H and O–H groups in total. The van der Waals surface area contributed by atoms with E-state index in [2.05, 4.69) is 11.6 Å². The minimum absolute atomic E-state index is 0.0236. The van der Waals surface area contributed by atoms with Crippen molar-refractivity contribution in [1.82, 2.24) is 9.88 Å². The third kappa shape index (κ3) is 5.69. The van der Waals surface area contributed by atoms with Crippen molar-refractivity contribution in [2.45, 2.75) is 29.2 Å². The van der Waals surface area contributed by atoms with Crippen molar-refractivity contribution in [1.29, 1.82) is 0 Å². The Morgan fingerprint density at radius 1 is 1.04 bits per heavy atom. The van der Waals surface area contributed by atoms with E-state index in [0.717, 1.165) is 4.90 Å². The van der Waals surface area contributed by atoms with Crippen molar-refractivity contribution in [3.8, 4) is 0 Å². The average molecular weight is 632 g/mol. The number of sulfone groups is 1. The summed E-state index contributed by atoms with van der Waals surface area (Å²) in [6.07, 6.45) is 1.73. The van der Waals surface area contributed by atoms with Crippen molar-refractivity contribution in [3.63, 3.8) is 0 Å². The summed E-state index contributed by atoms with van der Waals surface area (Å²) in [4.78, 5) is 56.5. The number of aromatic nitrogens is 1. The van der Waals surface area contributed by atoms with Gasteiger partial charge in [0.15, 0.2) is 27.4 Å². The van der Waals surface area contributed by atoms with Crippen LogP contribution >= 0.6 is 0 Å². The molecule has 12 nitrogen and oxygen atoms in total. The molecule has 0 spiro atoms. The van der Waals surface area contributed by atoms with Crippen molar-refractivity contribution >= 4 is 39.9 Å². The van der Waals surface area contributed by atoms with Gasteiger partial charge in [0, 0.05) is 6.20 Å². The molecule has 0 radical (unpaired) electrons. The minimum atomic E-state index is -4.45. The zero-order valence-electron chi connectivity index (χ0n) is 24.1. The summed E-state index contributed by atoms with van der Waals surface area (Å²) < 4.78 is 42.0. The van der Waals surface area contributed by atoms with Crippen LogP contribution in [0.2, 0.25) is 0 Å². The number of nitrogens with two attached hydrogens (primary N) is 1. The van der Waals surface area contributed by atoms with Gasteiger partial charge in [-0.25, -0.2) is 22.8 Å². The summed E-state index contributed by atoms with van der Waals surface area (Å²) in [5, 5.41) is -1.59. The Kier molecular flexibility index (Phi) is 8.55. The molecule has 2 aromatic carbocycles. The number of β-lactam (4-membered cyclic amide) rings is 1. The third-order valence-corrected chi connectivity index (χ3v) is 10.3. The number of fused-ring (bicyclic) bond motifs is 1. The molecule has 1 aromatic heterocycles. The zero-order chi connectivity index (χ0) is 32.4. The van der Waals surface area contributed by atoms with Crippen molar-refractivity contribution < 1.29 is 41.8 Å². The number of carbonyl (C=O) groups is 4. The highest BCUT2D eigenvalue weighted by Crippen LogP contribution is 2.50. The van der Waals surface area contributed by atoms with Gasteiger partial charge >= 0.3 is 18.0 Å². The maximum atomic E-state index is 14.1. The molecular weight excluding hydrogens is 602 g/mol. The number of amides is 2. The quantitative estimate of drug-likeness (QED) is 0.115. The van der Waals surface area contributed by atoms with Crippen LogP contribution < -0.4 is 5.73 Å². The number of hydrogen-bond donors (Lipinski definition) is 1. The Labute approximate surface area is 259 Å². The lowest BCUT2D eigenvalue weighted by molar-refractivity contribution is -0.161. The van der Waals surface area contributed by atoms with Crippen LogP contribution in [-0.2, 0) is 33.6 Å². The maximum absolute atomic E-state index is 14.1. The number of benzene rings is 2. The van der Waals surface area contributed by atoms with Crippen LogP contribution in [-0.4, -0.2) is 71.6 Å². The van der Waals surface area contributed by atoms with Crippen molar-refractivity contribution in [3.05, 3.63) is 120 Å². The van der Waals surface area contributed by atoms with Gasteiger partial charge in [-0.3, -0.25) is 9.78 Å². The van der Waals surface area contributed by atoms with Crippen molar-refractivity contribution in [2.75, 3.05) is 13.2 Å². The molecule has 0 bridgehead atoms. The maximum Gasteiger partial charge on any atom is 0.404 e. The minimum Gasteiger partial charge on any atom is -0.458 e. The molecule has 2 fully saturated rings.